The van der Waals surface area contributed by atoms with Gasteiger partial charge in [0.1, 0.15) is 17.1 Å². The van der Waals surface area contributed by atoms with Crippen molar-refractivity contribution >= 4 is 5.97 Å². The highest BCUT2D eigenvalue weighted by molar-refractivity contribution is 5.92. The third-order valence-electron chi connectivity index (χ3n) is 3.44. The average Bonchev–Trinajstić information content (AvgIpc) is 3.11. The summed E-state index contributed by atoms with van der Waals surface area (Å²) in [6, 6.07) is 11.9. The summed E-state index contributed by atoms with van der Waals surface area (Å²) in [5.41, 5.74) is 1.17. The summed E-state index contributed by atoms with van der Waals surface area (Å²) in [6.45, 7) is 0. The van der Waals surface area contributed by atoms with Gasteiger partial charge in [-0.3, -0.25) is 0 Å². The second kappa shape index (κ2) is 6.41. The van der Waals surface area contributed by atoms with Crippen LogP contribution in [0.4, 0.5) is 0 Å². The molecule has 0 aliphatic carbocycles. The van der Waals surface area contributed by atoms with Gasteiger partial charge in [0.2, 0.25) is 5.89 Å². The van der Waals surface area contributed by atoms with Crippen LogP contribution in [0.2, 0.25) is 0 Å². The molecule has 0 fully saturated rings. The molecule has 1 aromatic heterocycles. The number of methoxy groups -OCH3 is 2. The van der Waals surface area contributed by atoms with Gasteiger partial charge in [-0.25, -0.2) is 4.79 Å². The number of rotatable bonds is 5. The SMILES string of the molecule is COc1ccc(-c2nnc(-c3ccccc3OC)o2)cc1C(=O)O. The third-order valence-corrected chi connectivity index (χ3v) is 3.44. The van der Waals surface area contributed by atoms with Crippen molar-refractivity contribution in [2.75, 3.05) is 14.2 Å². The van der Waals surface area contributed by atoms with Crippen molar-refractivity contribution < 1.29 is 23.8 Å². The van der Waals surface area contributed by atoms with Gasteiger partial charge in [-0.1, -0.05) is 12.1 Å². The van der Waals surface area contributed by atoms with E-state index in [9.17, 15) is 9.90 Å². The van der Waals surface area contributed by atoms with Gasteiger partial charge in [0.15, 0.2) is 0 Å². The van der Waals surface area contributed by atoms with Crippen LogP contribution in [0.25, 0.3) is 22.9 Å². The van der Waals surface area contributed by atoms with Crippen LogP contribution in [0.5, 0.6) is 11.5 Å². The van der Waals surface area contributed by atoms with Crippen LogP contribution < -0.4 is 9.47 Å². The molecular weight excluding hydrogens is 312 g/mol. The summed E-state index contributed by atoms with van der Waals surface area (Å²) in [5, 5.41) is 17.3. The zero-order valence-corrected chi connectivity index (χ0v) is 13.0. The van der Waals surface area contributed by atoms with Crippen LogP contribution in [0.15, 0.2) is 46.9 Å². The van der Waals surface area contributed by atoms with Crippen LogP contribution in [0.3, 0.4) is 0 Å². The second-order valence-electron chi connectivity index (χ2n) is 4.83. The highest BCUT2D eigenvalue weighted by Gasteiger charge is 2.17. The zero-order valence-electron chi connectivity index (χ0n) is 13.0. The number of aromatic nitrogens is 2. The number of hydrogen-bond acceptors (Lipinski definition) is 6. The fourth-order valence-corrected chi connectivity index (χ4v) is 2.28. The normalized spacial score (nSPS) is 10.4. The molecule has 7 heteroatoms. The Balaban J connectivity index is 2.02. The van der Waals surface area contributed by atoms with Gasteiger partial charge in [-0.15, -0.1) is 10.2 Å². The zero-order chi connectivity index (χ0) is 17.1. The van der Waals surface area contributed by atoms with Crippen molar-refractivity contribution in [1.82, 2.24) is 10.2 Å². The molecule has 7 nitrogen and oxygen atoms in total. The van der Waals surface area contributed by atoms with E-state index < -0.39 is 5.97 Å². The molecule has 0 saturated carbocycles. The molecule has 0 atom stereocenters. The summed E-state index contributed by atoms with van der Waals surface area (Å²) in [7, 11) is 2.96. The number of carboxylic acids is 1. The fourth-order valence-electron chi connectivity index (χ4n) is 2.28. The molecular formula is C17H14N2O5. The maximum Gasteiger partial charge on any atom is 0.339 e. The summed E-state index contributed by atoms with van der Waals surface area (Å²) >= 11 is 0. The third kappa shape index (κ3) is 2.79. The number of aromatic carboxylic acids is 1. The molecule has 0 unspecified atom stereocenters. The molecule has 0 aliphatic heterocycles. The van der Waals surface area contributed by atoms with Crippen molar-refractivity contribution in [3.8, 4) is 34.4 Å². The first-order valence-corrected chi connectivity index (χ1v) is 7.02. The first kappa shape index (κ1) is 15.5. The number of carbonyl (C=O) groups is 1. The van der Waals surface area contributed by atoms with Crippen LogP contribution in [0, 0.1) is 0 Å². The molecule has 24 heavy (non-hydrogen) atoms. The maximum atomic E-state index is 11.3. The van der Waals surface area contributed by atoms with E-state index in [1.807, 2.05) is 12.1 Å². The molecule has 3 rings (SSSR count). The standard InChI is InChI=1S/C17H14N2O5/c1-22-13-6-4-3-5-11(13)16-19-18-15(24-16)10-7-8-14(23-2)12(9-10)17(20)21/h3-9H,1-2H3,(H,20,21). The van der Waals surface area contributed by atoms with Crippen molar-refractivity contribution in [3.05, 3.63) is 48.0 Å². The second-order valence-corrected chi connectivity index (χ2v) is 4.83. The topological polar surface area (TPSA) is 94.7 Å². The van der Waals surface area contributed by atoms with Crippen LogP contribution in [0.1, 0.15) is 10.4 Å². The van der Waals surface area contributed by atoms with Gasteiger partial charge in [-0.2, -0.15) is 0 Å². The Bertz CT molecular complexity index is 888. The Morgan fingerprint density at radius 3 is 2.42 bits per heavy atom. The monoisotopic (exact) mass is 326 g/mol. The smallest absolute Gasteiger partial charge is 0.339 e. The summed E-state index contributed by atoms with van der Waals surface area (Å²) < 4.78 is 16.0. The predicted octanol–water partition coefficient (Wildman–Crippen LogP) is 3.12. The molecule has 0 spiro atoms. The number of hydrogen-bond donors (Lipinski definition) is 1. The number of para-hydroxylation sites is 1. The maximum absolute atomic E-state index is 11.3. The molecule has 0 bridgehead atoms. The Morgan fingerprint density at radius 1 is 1.00 bits per heavy atom. The molecule has 0 saturated heterocycles. The number of carboxylic acid groups (broad SMARTS) is 1. The van der Waals surface area contributed by atoms with Crippen molar-refractivity contribution in [2.45, 2.75) is 0 Å². The lowest BCUT2D eigenvalue weighted by Gasteiger charge is -2.05. The van der Waals surface area contributed by atoms with E-state index in [0.717, 1.165) is 0 Å². The number of benzene rings is 2. The van der Waals surface area contributed by atoms with Gasteiger partial charge in [-0.05, 0) is 30.3 Å². The lowest BCUT2D eigenvalue weighted by molar-refractivity contribution is 0.0693. The minimum Gasteiger partial charge on any atom is -0.496 e. The van der Waals surface area contributed by atoms with Gasteiger partial charge in [0.25, 0.3) is 5.89 Å². The molecule has 3 aromatic rings. The van der Waals surface area contributed by atoms with Crippen molar-refractivity contribution in [2.24, 2.45) is 0 Å². The average molecular weight is 326 g/mol. The Kier molecular flexibility index (Phi) is 4.15. The van der Waals surface area contributed by atoms with E-state index in [1.165, 1.54) is 13.2 Å². The van der Waals surface area contributed by atoms with Crippen LogP contribution >= 0.6 is 0 Å². The van der Waals surface area contributed by atoms with Crippen LogP contribution in [-0.4, -0.2) is 35.5 Å². The summed E-state index contributed by atoms with van der Waals surface area (Å²) in [4.78, 5) is 11.3. The Hall–Kier alpha value is -3.35. The van der Waals surface area contributed by atoms with Gasteiger partial charge >= 0.3 is 5.97 Å². The largest absolute Gasteiger partial charge is 0.496 e. The van der Waals surface area contributed by atoms with Crippen molar-refractivity contribution in [1.29, 1.82) is 0 Å². The Labute approximate surface area is 137 Å². The van der Waals surface area contributed by atoms with Gasteiger partial charge in [0.05, 0.1) is 19.8 Å². The first-order chi connectivity index (χ1) is 11.6. The molecule has 1 heterocycles. The first-order valence-electron chi connectivity index (χ1n) is 7.02. The highest BCUT2D eigenvalue weighted by Crippen LogP contribution is 2.32. The molecule has 122 valence electrons. The molecule has 0 aliphatic rings. The predicted molar refractivity (Wildman–Crippen MR) is 85.2 cm³/mol. The van der Waals surface area contributed by atoms with Gasteiger partial charge in [0, 0.05) is 5.56 Å². The van der Waals surface area contributed by atoms with E-state index in [1.54, 1.807) is 31.4 Å². The number of nitrogens with zero attached hydrogens (tertiary/aromatic N) is 2. The Morgan fingerprint density at radius 2 is 1.71 bits per heavy atom. The summed E-state index contributed by atoms with van der Waals surface area (Å²) in [5.74, 6) is 0.263. The molecule has 1 N–H and O–H groups in total. The number of ether oxygens (including phenoxy) is 2. The van der Waals surface area contributed by atoms with E-state index in [0.29, 0.717) is 16.9 Å². The quantitative estimate of drug-likeness (QED) is 0.769. The minimum absolute atomic E-state index is 0.0204. The van der Waals surface area contributed by atoms with Crippen molar-refractivity contribution in [3.63, 3.8) is 0 Å². The fraction of sp³-hybridized carbons (Fsp3) is 0.118. The van der Waals surface area contributed by atoms with E-state index in [-0.39, 0.29) is 23.1 Å². The van der Waals surface area contributed by atoms with E-state index >= 15 is 0 Å². The lowest BCUT2D eigenvalue weighted by Crippen LogP contribution is -2.00. The van der Waals surface area contributed by atoms with Gasteiger partial charge < -0.3 is 19.0 Å². The highest BCUT2D eigenvalue weighted by atomic mass is 16.5. The van der Waals surface area contributed by atoms with E-state index in [4.69, 9.17) is 13.9 Å². The summed E-state index contributed by atoms with van der Waals surface area (Å²) in [6.07, 6.45) is 0. The molecule has 0 radical (unpaired) electrons. The minimum atomic E-state index is -1.10. The molecule has 0 amide bonds. The van der Waals surface area contributed by atoms with E-state index in [2.05, 4.69) is 10.2 Å². The molecule has 2 aromatic carbocycles. The van der Waals surface area contributed by atoms with Crippen LogP contribution in [-0.2, 0) is 0 Å². The lowest BCUT2D eigenvalue weighted by atomic mass is 10.1.